The van der Waals surface area contributed by atoms with E-state index in [1.54, 1.807) is 0 Å². The van der Waals surface area contributed by atoms with Gasteiger partial charge in [0.2, 0.25) is 5.91 Å². The summed E-state index contributed by atoms with van der Waals surface area (Å²) in [6.45, 7) is 5.91. The first-order chi connectivity index (χ1) is 15.3. The topological polar surface area (TPSA) is 96.9 Å². The number of allylic oxidation sites excluding steroid dienone is 4. The van der Waals surface area contributed by atoms with E-state index >= 15 is 0 Å². The SMILES string of the molecule is CNC[C@H](C)CCC1=CC(C2CC(C)C=CC2N(C)[C@@H](O)NCCCCC(=O)NCO)=C1. The Morgan fingerprint density at radius 3 is 2.72 bits per heavy atom. The number of aliphatic hydroxyl groups excluding tert-OH is 2. The molecular weight excluding hydrogens is 404 g/mol. The number of hydrogen-bond acceptors (Lipinski definition) is 6. The maximum Gasteiger partial charge on any atom is 0.221 e. The van der Waals surface area contributed by atoms with Crippen LogP contribution in [0.3, 0.4) is 0 Å². The second-order valence-corrected chi connectivity index (χ2v) is 9.47. The Kier molecular flexibility index (Phi) is 11.6. The number of nitrogens with zero attached hydrogens (tertiary/aromatic N) is 1. The van der Waals surface area contributed by atoms with Crippen LogP contribution in [0.5, 0.6) is 0 Å². The first-order valence-electron chi connectivity index (χ1n) is 12.1. The molecular formula is C25H44N4O3. The molecule has 0 heterocycles. The molecule has 0 aliphatic heterocycles. The zero-order valence-corrected chi connectivity index (χ0v) is 20.3. The maximum absolute atomic E-state index is 11.4. The van der Waals surface area contributed by atoms with E-state index in [-0.39, 0.29) is 18.7 Å². The van der Waals surface area contributed by atoms with Gasteiger partial charge in [-0.3, -0.25) is 15.0 Å². The molecule has 0 radical (unpaired) electrons. The highest BCUT2D eigenvalue weighted by Gasteiger charge is 2.33. The summed E-state index contributed by atoms with van der Waals surface area (Å²) in [5.74, 6) is 1.46. The molecule has 2 rings (SSSR count). The van der Waals surface area contributed by atoms with Crippen molar-refractivity contribution in [3.8, 4) is 0 Å². The van der Waals surface area contributed by atoms with E-state index in [1.165, 1.54) is 17.6 Å². The first-order valence-corrected chi connectivity index (χ1v) is 12.1. The van der Waals surface area contributed by atoms with Crippen LogP contribution in [-0.4, -0.2) is 67.3 Å². The number of amides is 1. The highest BCUT2D eigenvalue weighted by molar-refractivity contribution is 5.75. The molecule has 5 atom stereocenters. The normalized spacial score (nSPS) is 24.5. The first kappa shape index (κ1) is 26.7. The van der Waals surface area contributed by atoms with E-state index in [0.29, 0.717) is 37.1 Å². The number of hydrogen-bond donors (Lipinski definition) is 5. The quantitative estimate of drug-likeness (QED) is 0.150. The smallest absolute Gasteiger partial charge is 0.221 e. The number of nitrogens with one attached hydrogen (secondary N) is 3. The minimum Gasteiger partial charge on any atom is -0.377 e. The molecule has 0 bridgehead atoms. The summed E-state index contributed by atoms with van der Waals surface area (Å²) >= 11 is 0. The molecule has 0 saturated heterocycles. The van der Waals surface area contributed by atoms with E-state index in [2.05, 4.69) is 54.1 Å². The number of aliphatic hydroxyl groups is 2. The van der Waals surface area contributed by atoms with Crippen LogP contribution in [0.1, 0.15) is 52.4 Å². The summed E-state index contributed by atoms with van der Waals surface area (Å²) in [5.41, 5.74) is 2.84. The summed E-state index contributed by atoms with van der Waals surface area (Å²) < 4.78 is 0. The van der Waals surface area contributed by atoms with Crippen molar-refractivity contribution in [2.45, 2.75) is 64.8 Å². The van der Waals surface area contributed by atoms with Gasteiger partial charge in [0.1, 0.15) is 6.73 Å². The Hall–Kier alpha value is -1.51. The fourth-order valence-electron chi connectivity index (χ4n) is 4.57. The third-order valence-corrected chi connectivity index (χ3v) is 6.58. The molecule has 0 aromatic heterocycles. The Bertz CT molecular complexity index is 676. The Morgan fingerprint density at radius 2 is 2.03 bits per heavy atom. The fraction of sp³-hybridized carbons (Fsp3) is 0.720. The van der Waals surface area contributed by atoms with E-state index in [9.17, 15) is 9.90 Å². The Labute approximate surface area is 194 Å². The zero-order chi connectivity index (χ0) is 23.5. The monoisotopic (exact) mass is 448 g/mol. The van der Waals surface area contributed by atoms with Crippen molar-refractivity contribution < 1.29 is 15.0 Å². The fourth-order valence-corrected chi connectivity index (χ4v) is 4.57. The Balaban J connectivity index is 1.81. The summed E-state index contributed by atoms with van der Waals surface area (Å²) in [6, 6.07) is 0.149. The molecule has 182 valence electrons. The van der Waals surface area contributed by atoms with Crippen LogP contribution in [0, 0.1) is 17.8 Å². The van der Waals surface area contributed by atoms with Gasteiger partial charge in [0, 0.05) is 18.4 Å². The molecule has 7 nitrogen and oxygen atoms in total. The minimum atomic E-state index is -0.738. The average molecular weight is 449 g/mol. The van der Waals surface area contributed by atoms with Crippen LogP contribution < -0.4 is 16.0 Å². The number of likely N-dealkylation sites (N-methyl/N-ethyl adjacent to an activating group) is 1. The molecule has 1 amide bonds. The number of rotatable bonds is 15. The van der Waals surface area contributed by atoms with Gasteiger partial charge in [-0.25, -0.2) is 0 Å². The van der Waals surface area contributed by atoms with Gasteiger partial charge < -0.3 is 20.8 Å². The number of unbranched alkanes of at least 4 members (excludes halogenated alkanes) is 1. The predicted molar refractivity (Wildman–Crippen MR) is 130 cm³/mol. The van der Waals surface area contributed by atoms with Gasteiger partial charge in [-0.2, -0.15) is 0 Å². The number of carbonyl (C=O) groups excluding carboxylic acids is 1. The van der Waals surface area contributed by atoms with Crippen molar-refractivity contribution in [3.63, 3.8) is 0 Å². The summed E-state index contributed by atoms with van der Waals surface area (Å²) in [5, 5.41) is 28.2. The molecule has 32 heavy (non-hydrogen) atoms. The molecule has 0 aromatic carbocycles. The van der Waals surface area contributed by atoms with Crippen molar-refractivity contribution in [2.75, 3.05) is 33.9 Å². The summed E-state index contributed by atoms with van der Waals surface area (Å²) in [4.78, 5) is 13.4. The van der Waals surface area contributed by atoms with Crippen molar-refractivity contribution in [2.24, 2.45) is 17.8 Å². The van der Waals surface area contributed by atoms with Gasteiger partial charge in [0.25, 0.3) is 0 Å². The standard InChI is InChI=1S/C25H44N4O3/c1-18-9-11-23(29(4)25(32)27-12-6-5-7-24(31)28-17-30)22(13-18)21-14-20(15-21)10-8-19(2)16-26-3/h9,11,14-15,18-19,22-23,25-27,30,32H,5-8,10,12-13,16-17H2,1-4H3,(H,28,31)/t18?,19-,22?,23?,25+/m1/s1. The largest absolute Gasteiger partial charge is 0.377 e. The van der Waals surface area contributed by atoms with Gasteiger partial charge >= 0.3 is 0 Å². The highest BCUT2D eigenvalue weighted by atomic mass is 16.3. The lowest BCUT2D eigenvalue weighted by atomic mass is 9.74. The van der Waals surface area contributed by atoms with Crippen LogP contribution >= 0.6 is 0 Å². The second-order valence-electron chi connectivity index (χ2n) is 9.47. The van der Waals surface area contributed by atoms with Crippen LogP contribution in [0.25, 0.3) is 0 Å². The van der Waals surface area contributed by atoms with Gasteiger partial charge in [-0.1, -0.05) is 38.2 Å². The van der Waals surface area contributed by atoms with Crippen molar-refractivity contribution in [3.05, 3.63) is 35.5 Å². The molecule has 3 unspecified atom stereocenters. The third kappa shape index (κ3) is 8.45. The molecule has 0 fully saturated rings. The third-order valence-electron chi connectivity index (χ3n) is 6.58. The van der Waals surface area contributed by atoms with Crippen LogP contribution in [-0.2, 0) is 4.79 Å². The molecule has 7 heteroatoms. The molecule has 2 aliphatic rings. The lowest BCUT2D eigenvalue weighted by Gasteiger charge is -2.41. The van der Waals surface area contributed by atoms with Crippen LogP contribution in [0.2, 0.25) is 0 Å². The summed E-state index contributed by atoms with van der Waals surface area (Å²) in [7, 11) is 3.97. The second kappa shape index (κ2) is 13.9. The highest BCUT2D eigenvalue weighted by Crippen LogP contribution is 2.38. The van der Waals surface area contributed by atoms with Crippen molar-refractivity contribution in [1.29, 1.82) is 0 Å². The molecule has 2 aliphatic carbocycles. The van der Waals surface area contributed by atoms with E-state index in [4.69, 9.17) is 5.11 Å². The van der Waals surface area contributed by atoms with Crippen LogP contribution in [0.4, 0.5) is 0 Å². The van der Waals surface area contributed by atoms with E-state index < -0.39 is 6.35 Å². The zero-order valence-electron chi connectivity index (χ0n) is 20.3. The van der Waals surface area contributed by atoms with Crippen LogP contribution in [0.15, 0.2) is 35.5 Å². The Morgan fingerprint density at radius 1 is 1.28 bits per heavy atom. The minimum absolute atomic E-state index is 0.146. The lowest BCUT2D eigenvalue weighted by Crippen LogP contribution is -2.51. The van der Waals surface area contributed by atoms with Crippen molar-refractivity contribution in [1.82, 2.24) is 20.9 Å². The maximum atomic E-state index is 11.4. The van der Waals surface area contributed by atoms with Gasteiger partial charge in [-0.15, -0.1) is 0 Å². The molecule has 0 spiro atoms. The summed E-state index contributed by atoms with van der Waals surface area (Å²) in [6.07, 6.45) is 13.8. The predicted octanol–water partition coefficient (Wildman–Crippen LogP) is 2.10. The van der Waals surface area contributed by atoms with E-state index in [1.807, 2.05) is 19.0 Å². The molecule has 0 aromatic rings. The van der Waals surface area contributed by atoms with Crippen molar-refractivity contribution >= 4 is 5.91 Å². The lowest BCUT2D eigenvalue weighted by molar-refractivity contribution is -0.122. The van der Waals surface area contributed by atoms with Gasteiger partial charge in [0.15, 0.2) is 6.35 Å². The number of carbonyl (C=O) groups is 1. The van der Waals surface area contributed by atoms with Gasteiger partial charge in [0.05, 0.1) is 0 Å². The molecule has 5 N–H and O–H groups in total. The molecule has 0 saturated carbocycles. The van der Waals surface area contributed by atoms with Gasteiger partial charge in [-0.05, 0) is 82.3 Å². The van der Waals surface area contributed by atoms with E-state index in [0.717, 1.165) is 25.8 Å². The average Bonchev–Trinajstić information content (AvgIpc) is 2.72.